The normalized spacial score (nSPS) is 26.6. The van der Waals surface area contributed by atoms with Gasteiger partial charge >= 0.3 is 0 Å². The lowest BCUT2D eigenvalue weighted by molar-refractivity contribution is -0.164. The lowest BCUT2D eigenvalue weighted by Crippen LogP contribution is -2.61. The fourth-order valence-electron chi connectivity index (χ4n) is 4.37. The average Bonchev–Trinajstić information content (AvgIpc) is 2.77. The second kappa shape index (κ2) is 13.4. The summed E-state index contributed by atoms with van der Waals surface area (Å²) in [4.78, 5) is 38.0. The number of ether oxygens (including phenoxy) is 1. The topological polar surface area (TPSA) is 92.7 Å². The van der Waals surface area contributed by atoms with Crippen molar-refractivity contribution in [3.63, 3.8) is 0 Å². The molecule has 188 valence electrons. The van der Waals surface area contributed by atoms with Crippen molar-refractivity contribution in [1.29, 1.82) is 0 Å². The summed E-state index contributed by atoms with van der Waals surface area (Å²) in [6.07, 6.45) is 10.5. The summed E-state index contributed by atoms with van der Waals surface area (Å²) in [6, 6.07) is 0. The van der Waals surface area contributed by atoms with E-state index >= 15 is 0 Å². The molecule has 0 aliphatic heterocycles. The molecular formula is C26H42ClNO5. The minimum absolute atomic E-state index is 0.0404. The Bertz CT molecular complexity index is 741. The number of allylic oxidation sites excluding steroid dienone is 1. The van der Waals surface area contributed by atoms with Crippen molar-refractivity contribution < 1.29 is 24.2 Å². The Hall–Kier alpha value is -1.50. The zero-order valence-corrected chi connectivity index (χ0v) is 21.8. The quantitative estimate of drug-likeness (QED) is 0.224. The van der Waals surface area contributed by atoms with Crippen LogP contribution in [0.2, 0.25) is 0 Å². The van der Waals surface area contributed by atoms with Crippen LogP contribution in [0, 0.1) is 17.3 Å². The first kappa shape index (κ1) is 29.5. The molecule has 1 amide bonds. The lowest BCUT2D eigenvalue weighted by Gasteiger charge is -2.47. The van der Waals surface area contributed by atoms with Gasteiger partial charge in [0.1, 0.15) is 0 Å². The molecule has 0 aromatic carbocycles. The van der Waals surface area contributed by atoms with Crippen LogP contribution in [0.25, 0.3) is 0 Å². The molecular weight excluding hydrogens is 442 g/mol. The van der Waals surface area contributed by atoms with Crippen molar-refractivity contribution in [1.82, 2.24) is 5.32 Å². The van der Waals surface area contributed by atoms with E-state index in [1.165, 1.54) is 25.3 Å². The fourth-order valence-corrected chi connectivity index (χ4v) is 4.58. The summed E-state index contributed by atoms with van der Waals surface area (Å²) in [5, 5.41) is 13.8. The van der Waals surface area contributed by atoms with Crippen LogP contribution in [0.15, 0.2) is 23.3 Å². The van der Waals surface area contributed by atoms with E-state index in [2.05, 4.69) is 18.3 Å². The summed E-state index contributed by atoms with van der Waals surface area (Å²) in [5.41, 5.74) is -1.16. The van der Waals surface area contributed by atoms with E-state index < -0.39 is 22.9 Å². The Morgan fingerprint density at radius 3 is 2.45 bits per heavy atom. The molecule has 0 radical (unpaired) electrons. The van der Waals surface area contributed by atoms with Crippen LogP contribution in [0.3, 0.4) is 0 Å². The molecule has 4 atom stereocenters. The van der Waals surface area contributed by atoms with Crippen LogP contribution >= 0.6 is 11.6 Å². The highest BCUT2D eigenvalue weighted by molar-refractivity contribution is 6.26. The van der Waals surface area contributed by atoms with Crippen LogP contribution in [0.5, 0.6) is 0 Å². The monoisotopic (exact) mass is 483 g/mol. The minimum Gasteiger partial charge on any atom is -0.388 e. The molecule has 7 heteroatoms. The number of aliphatic hydroxyl groups is 1. The summed E-state index contributed by atoms with van der Waals surface area (Å²) < 4.78 is 5.50. The zero-order chi connectivity index (χ0) is 25.2. The molecule has 1 unspecified atom stereocenters. The summed E-state index contributed by atoms with van der Waals surface area (Å²) in [6.45, 7) is 8.47. The number of amides is 1. The second-order valence-corrected chi connectivity index (χ2v) is 10.0. The average molecular weight is 484 g/mol. The molecule has 33 heavy (non-hydrogen) atoms. The van der Waals surface area contributed by atoms with Gasteiger partial charge in [0.2, 0.25) is 5.91 Å². The van der Waals surface area contributed by atoms with Crippen molar-refractivity contribution in [2.24, 2.45) is 17.3 Å². The minimum atomic E-state index is -1.58. The van der Waals surface area contributed by atoms with Gasteiger partial charge in [0.15, 0.2) is 11.6 Å². The van der Waals surface area contributed by atoms with E-state index in [0.29, 0.717) is 18.4 Å². The number of carbonyl (C=O) groups is 3. The predicted molar refractivity (Wildman–Crippen MR) is 132 cm³/mol. The van der Waals surface area contributed by atoms with E-state index in [0.717, 1.165) is 19.3 Å². The summed E-state index contributed by atoms with van der Waals surface area (Å²) >= 11 is 6.00. The smallest absolute Gasteiger partial charge is 0.220 e. The Balaban J connectivity index is 2.60. The molecule has 0 spiro atoms. The van der Waals surface area contributed by atoms with E-state index in [1.54, 1.807) is 27.9 Å². The maximum Gasteiger partial charge on any atom is 0.220 e. The number of methoxy groups -OCH3 is 1. The lowest BCUT2D eigenvalue weighted by atomic mass is 9.57. The maximum atomic E-state index is 13.1. The Morgan fingerprint density at radius 2 is 1.88 bits per heavy atom. The van der Waals surface area contributed by atoms with Gasteiger partial charge in [0.05, 0.1) is 23.0 Å². The van der Waals surface area contributed by atoms with Crippen molar-refractivity contribution in [3.05, 3.63) is 23.3 Å². The van der Waals surface area contributed by atoms with Gasteiger partial charge in [-0.2, -0.15) is 0 Å². The van der Waals surface area contributed by atoms with Gasteiger partial charge < -0.3 is 15.2 Å². The Labute approximate surface area is 204 Å². The standard InChI is InChI=1S/C26H42ClNO5/c1-7-8-10-13-20(33-6)14-11-9-12-15-21(29)28-17-19(16-27)22-24(31)25(3,4)23(30)18(2)26(22,5)32/h9,11,16,18,20,22,32H,7-8,10,12-15,17H2,1-6H3,(H,28,29)/b11-9+,19-16-/t18-,20+,22?,26-/m0/s1. The molecule has 1 rings (SSSR count). The third kappa shape index (κ3) is 7.76. The molecule has 0 aromatic rings. The number of hydrogen-bond donors (Lipinski definition) is 2. The van der Waals surface area contributed by atoms with Crippen molar-refractivity contribution in [2.45, 2.75) is 91.3 Å². The SMILES string of the molecule is CCCCC[C@H](C/C=C/CCC(=O)NC/C(=C/Cl)C1C(=O)C(C)(C)C(=O)[C@H](C)[C@]1(C)O)OC. The molecule has 0 bridgehead atoms. The van der Waals surface area contributed by atoms with Gasteiger partial charge in [-0.3, -0.25) is 14.4 Å². The Kier molecular flexibility index (Phi) is 12.0. The molecule has 1 fully saturated rings. The molecule has 0 heterocycles. The largest absolute Gasteiger partial charge is 0.388 e. The second-order valence-electron chi connectivity index (χ2n) is 9.79. The number of Topliss-reactive ketones (excluding diaryl/α,β-unsaturated/α-hetero) is 2. The third-order valence-electron chi connectivity index (χ3n) is 6.92. The zero-order valence-electron chi connectivity index (χ0n) is 21.1. The maximum absolute atomic E-state index is 13.1. The van der Waals surface area contributed by atoms with E-state index in [9.17, 15) is 19.5 Å². The van der Waals surface area contributed by atoms with E-state index in [4.69, 9.17) is 16.3 Å². The van der Waals surface area contributed by atoms with Crippen LogP contribution in [-0.2, 0) is 19.1 Å². The number of ketones is 2. The number of unbranched alkanes of at least 4 members (excludes halogenated alkanes) is 2. The number of hydrogen-bond acceptors (Lipinski definition) is 5. The molecule has 0 aromatic heterocycles. The predicted octanol–water partition coefficient (Wildman–Crippen LogP) is 4.73. The Morgan fingerprint density at radius 1 is 1.21 bits per heavy atom. The number of halogens is 1. The number of rotatable bonds is 13. The van der Waals surface area contributed by atoms with Gasteiger partial charge in [-0.05, 0) is 45.6 Å². The van der Waals surface area contributed by atoms with Gasteiger partial charge in [-0.15, -0.1) is 0 Å². The molecule has 1 saturated carbocycles. The molecule has 1 aliphatic rings. The first-order valence-electron chi connectivity index (χ1n) is 12.0. The highest BCUT2D eigenvalue weighted by Crippen LogP contribution is 2.45. The summed E-state index contributed by atoms with van der Waals surface area (Å²) in [5.74, 6) is -2.55. The van der Waals surface area contributed by atoms with Crippen LogP contribution in [0.4, 0.5) is 0 Å². The van der Waals surface area contributed by atoms with Gasteiger partial charge in [-0.25, -0.2) is 0 Å². The first-order chi connectivity index (χ1) is 15.4. The molecule has 0 saturated heterocycles. The van der Waals surface area contributed by atoms with Crippen LogP contribution in [-0.4, -0.2) is 47.9 Å². The van der Waals surface area contributed by atoms with Gasteiger partial charge in [-0.1, -0.05) is 56.9 Å². The van der Waals surface area contributed by atoms with Crippen molar-refractivity contribution in [3.8, 4) is 0 Å². The van der Waals surface area contributed by atoms with E-state index in [1.807, 2.05) is 6.08 Å². The third-order valence-corrected chi connectivity index (χ3v) is 7.20. The van der Waals surface area contributed by atoms with Crippen molar-refractivity contribution in [2.75, 3.05) is 13.7 Å². The van der Waals surface area contributed by atoms with Gasteiger partial charge in [0.25, 0.3) is 0 Å². The van der Waals surface area contributed by atoms with Crippen LogP contribution < -0.4 is 5.32 Å². The number of nitrogens with one attached hydrogen (secondary N) is 1. The molecule has 2 N–H and O–H groups in total. The fraction of sp³-hybridized carbons (Fsp3) is 0.731. The van der Waals surface area contributed by atoms with Crippen LogP contribution in [0.1, 0.15) is 79.6 Å². The first-order valence-corrected chi connectivity index (χ1v) is 12.4. The van der Waals surface area contributed by atoms with E-state index in [-0.39, 0.29) is 30.1 Å². The highest BCUT2D eigenvalue weighted by atomic mass is 35.5. The highest BCUT2D eigenvalue weighted by Gasteiger charge is 2.58. The molecule has 6 nitrogen and oxygen atoms in total. The number of carbonyl (C=O) groups excluding carboxylic acids is 3. The van der Waals surface area contributed by atoms with Gasteiger partial charge in [0, 0.05) is 31.5 Å². The summed E-state index contributed by atoms with van der Waals surface area (Å²) in [7, 11) is 1.73. The van der Waals surface area contributed by atoms with Crippen molar-refractivity contribution >= 4 is 29.1 Å². The molecule has 1 aliphatic carbocycles.